The summed E-state index contributed by atoms with van der Waals surface area (Å²) in [5.74, 6) is -0.0244. The van der Waals surface area contributed by atoms with E-state index in [-0.39, 0.29) is 6.42 Å². The SMILES string of the molecule is COP(=S)(NCCCCCCC(=O)O)Oc1ccc(SC)c(C)c1. The van der Waals surface area contributed by atoms with Crippen molar-refractivity contribution in [3.63, 3.8) is 0 Å². The standard InChI is InChI=1S/C16H26NO4PS2/c1-13-12-14(9-10-15(13)24-3)21-22(23,20-2)17-11-7-5-4-6-8-16(18)19/h9-10,12H,4-8,11H2,1-3H3,(H,17,23)(H,18,19). The minimum atomic E-state index is -2.55. The lowest BCUT2D eigenvalue weighted by atomic mass is 10.1. The van der Waals surface area contributed by atoms with Crippen molar-refractivity contribution < 1.29 is 18.9 Å². The van der Waals surface area contributed by atoms with Crippen molar-refractivity contribution in [2.45, 2.75) is 43.9 Å². The molecule has 136 valence electrons. The van der Waals surface area contributed by atoms with Gasteiger partial charge in [0.15, 0.2) is 0 Å². The molecule has 0 fully saturated rings. The lowest BCUT2D eigenvalue weighted by Gasteiger charge is -2.22. The molecule has 0 spiro atoms. The van der Waals surface area contributed by atoms with Crippen molar-refractivity contribution in [2.75, 3.05) is 19.9 Å². The number of rotatable bonds is 12. The van der Waals surface area contributed by atoms with Gasteiger partial charge in [-0.3, -0.25) is 4.79 Å². The Morgan fingerprint density at radius 3 is 2.62 bits per heavy atom. The maximum absolute atomic E-state index is 10.4. The molecule has 24 heavy (non-hydrogen) atoms. The number of unbranched alkanes of at least 4 members (excludes halogenated alkanes) is 3. The summed E-state index contributed by atoms with van der Waals surface area (Å²) in [5.41, 5.74) is 1.15. The quantitative estimate of drug-likeness (QED) is 0.307. The number of thioether (sulfide) groups is 1. The monoisotopic (exact) mass is 391 g/mol. The fourth-order valence-corrected chi connectivity index (χ4v) is 4.36. The first kappa shape index (κ1) is 21.5. The first-order chi connectivity index (χ1) is 11.4. The van der Waals surface area contributed by atoms with Gasteiger partial charge in [-0.25, -0.2) is 5.09 Å². The second-order valence-corrected chi connectivity index (χ2v) is 9.52. The van der Waals surface area contributed by atoms with Gasteiger partial charge in [0.25, 0.3) is 0 Å². The van der Waals surface area contributed by atoms with Crippen molar-refractivity contribution >= 4 is 36.2 Å². The van der Waals surface area contributed by atoms with Crippen LogP contribution in [0.2, 0.25) is 0 Å². The van der Waals surface area contributed by atoms with Crippen molar-refractivity contribution in [3.8, 4) is 5.75 Å². The van der Waals surface area contributed by atoms with Gasteiger partial charge in [0, 0.05) is 25.0 Å². The van der Waals surface area contributed by atoms with Gasteiger partial charge in [0.05, 0.1) is 0 Å². The van der Waals surface area contributed by atoms with E-state index in [0.29, 0.717) is 18.7 Å². The molecule has 0 heterocycles. The summed E-state index contributed by atoms with van der Waals surface area (Å²) < 4.78 is 11.3. The Bertz CT molecular complexity index is 583. The maximum Gasteiger partial charge on any atom is 0.312 e. The van der Waals surface area contributed by atoms with E-state index in [1.807, 2.05) is 31.4 Å². The van der Waals surface area contributed by atoms with E-state index in [0.717, 1.165) is 24.8 Å². The number of nitrogens with one attached hydrogen (secondary N) is 1. The first-order valence-corrected chi connectivity index (χ1v) is 11.7. The van der Waals surface area contributed by atoms with Crippen molar-refractivity contribution in [1.82, 2.24) is 5.09 Å². The van der Waals surface area contributed by atoms with Gasteiger partial charge in [-0.2, -0.15) is 0 Å². The highest BCUT2D eigenvalue weighted by Gasteiger charge is 2.18. The number of aryl methyl sites for hydroxylation is 1. The third-order valence-corrected chi connectivity index (χ3v) is 6.95. The van der Waals surface area contributed by atoms with Crippen LogP contribution in [-0.2, 0) is 21.1 Å². The number of benzene rings is 1. The Labute approximate surface area is 153 Å². The highest BCUT2D eigenvalue weighted by Crippen LogP contribution is 2.44. The molecule has 0 amide bonds. The van der Waals surface area contributed by atoms with Crippen molar-refractivity contribution in [1.29, 1.82) is 0 Å². The molecular formula is C16H26NO4PS2. The van der Waals surface area contributed by atoms with E-state index in [2.05, 4.69) is 5.09 Å². The minimum Gasteiger partial charge on any atom is -0.481 e. The second kappa shape index (κ2) is 11.1. The van der Waals surface area contributed by atoms with E-state index < -0.39 is 12.6 Å². The molecular weight excluding hydrogens is 365 g/mol. The second-order valence-electron chi connectivity index (χ2n) is 5.37. The third-order valence-electron chi connectivity index (χ3n) is 3.46. The zero-order chi connectivity index (χ0) is 18.0. The zero-order valence-electron chi connectivity index (χ0n) is 14.4. The molecule has 0 aliphatic heterocycles. The Morgan fingerprint density at radius 2 is 2.04 bits per heavy atom. The zero-order valence-corrected chi connectivity index (χ0v) is 16.9. The summed E-state index contributed by atoms with van der Waals surface area (Å²) in [7, 11) is 1.56. The van der Waals surface area contributed by atoms with Crippen LogP contribution in [0.4, 0.5) is 0 Å². The summed E-state index contributed by atoms with van der Waals surface area (Å²) in [6.45, 7) is 0.181. The normalized spacial score (nSPS) is 13.5. The number of aliphatic carboxylic acids is 1. The van der Waals surface area contributed by atoms with Crippen LogP contribution < -0.4 is 9.61 Å². The number of hydrogen-bond acceptors (Lipinski definition) is 5. The van der Waals surface area contributed by atoms with Crippen molar-refractivity contribution in [3.05, 3.63) is 23.8 Å². The molecule has 5 nitrogen and oxygen atoms in total. The van der Waals surface area contributed by atoms with E-state index in [9.17, 15) is 4.79 Å². The van der Waals surface area contributed by atoms with E-state index in [1.54, 1.807) is 18.9 Å². The van der Waals surface area contributed by atoms with Gasteiger partial charge >= 0.3 is 12.6 Å². The van der Waals surface area contributed by atoms with Gasteiger partial charge in [0.1, 0.15) is 5.75 Å². The highest BCUT2D eigenvalue weighted by molar-refractivity contribution is 8.09. The molecule has 1 unspecified atom stereocenters. The Hall–Kier alpha value is -0.590. The smallest absolute Gasteiger partial charge is 0.312 e. The summed E-state index contributed by atoms with van der Waals surface area (Å²) in [6, 6.07) is 5.90. The maximum atomic E-state index is 10.4. The molecule has 8 heteroatoms. The largest absolute Gasteiger partial charge is 0.481 e. The molecule has 0 saturated carbocycles. The molecule has 0 aromatic heterocycles. The molecule has 1 atom stereocenters. The van der Waals surface area contributed by atoms with Crippen LogP contribution in [0.5, 0.6) is 5.75 Å². The van der Waals surface area contributed by atoms with E-state index in [1.165, 1.54) is 4.90 Å². The van der Waals surface area contributed by atoms with Gasteiger partial charge < -0.3 is 14.2 Å². The molecule has 0 saturated heterocycles. The Kier molecular flexibility index (Phi) is 9.93. The topological polar surface area (TPSA) is 67.8 Å². The van der Waals surface area contributed by atoms with Crippen LogP contribution in [0.25, 0.3) is 0 Å². The molecule has 1 aromatic carbocycles. The minimum absolute atomic E-state index is 0.234. The molecule has 1 rings (SSSR count). The number of carboxylic acids is 1. The first-order valence-electron chi connectivity index (χ1n) is 7.87. The molecule has 1 aromatic rings. The third kappa shape index (κ3) is 7.99. The van der Waals surface area contributed by atoms with E-state index >= 15 is 0 Å². The average Bonchev–Trinajstić information content (AvgIpc) is 2.54. The lowest BCUT2D eigenvalue weighted by molar-refractivity contribution is -0.137. The highest BCUT2D eigenvalue weighted by atomic mass is 32.5. The van der Waals surface area contributed by atoms with E-state index in [4.69, 9.17) is 26.0 Å². The fourth-order valence-electron chi connectivity index (χ4n) is 2.15. The van der Waals surface area contributed by atoms with Crippen LogP contribution in [0.3, 0.4) is 0 Å². The van der Waals surface area contributed by atoms with Crippen LogP contribution in [0.15, 0.2) is 23.1 Å². The fraction of sp³-hybridized carbons (Fsp3) is 0.562. The van der Waals surface area contributed by atoms with Crippen LogP contribution in [0.1, 0.15) is 37.7 Å². The van der Waals surface area contributed by atoms with Crippen LogP contribution in [0, 0.1) is 6.92 Å². The van der Waals surface area contributed by atoms with Crippen molar-refractivity contribution in [2.24, 2.45) is 0 Å². The molecule has 0 aliphatic rings. The molecule has 0 bridgehead atoms. The van der Waals surface area contributed by atoms with Crippen LogP contribution >= 0.6 is 18.4 Å². The predicted octanol–water partition coefficient (Wildman–Crippen LogP) is 4.59. The summed E-state index contributed by atoms with van der Waals surface area (Å²) >= 11 is 7.19. The van der Waals surface area contributed by atoms with Gasteiger partial charge in [-0.15, -0.1) is 11.8 Å². The van der Waals surface area contributed by atoms with Crippen LogP contribution in [-0.4, -0.2) is 31.0 Å². The molecule has 2 N–H and O–H groups in total. The number of hydrogen-bond donors (Lipinski definition) is 2. The number of carboxylic acid groups (broad SMARTS) is 1. The molecule has 0 radical (unpaired) electrons. The average molecular weight is 391 g/mol. The summed E-state index contributed by atoms with van der Waals surface area (Å²) in [4.78, 5) is 11.7. The predicted molar refractivity (Wildman–Crippen MR) is 104 cm³/mol. The lowest BCUT2D eigenvalue weighted by Crippen LogP contribution is -2.16. The molecule has 0 aliphatic carbocycles. The summed E-state index contributed by atoms with van der Waals surface area (Å²) in [5, 5.41) is 11.8. The van der Waals surface area contributed by atoms with Gasteiger partial charge in [0.2, 0.25) is 0 Å². The Balaban J connectivity index is 2.41. The Morgan fingerprint density at radius 1 is 1.33 bits per heavy atom. The van der Waals surface area contributed by atoms with Gasteiger partial charge in [-0.1, -0.05) is 12.8 Å². The summed E-state index contributed by atoms with van der Waals surface area (Å²) in [6.07, 6.45) is 5.76. The van der Waals surface area contributed by atoms with Gasteiger partial charge in [-0.05, 0) is 61.6 Å². The number of carbonyl (C=O) groups is 1.